The SMILES string of the molecule is CCSc1[nH+]c(N2CCOCC2)c2c(c1C#N)CC(C)(C)SC2. The molecule has 23 heavy (non-hydrogen) atoms. The van der Waals surface area contributed by atoms with Crippen LogP contribution in [0.2, 0.25) is 0 Å². The minimum absolute atomic E-state index is 0.191. The summed E-state index contributed by atoms with van der Waals surface area (Å²) in [4.78, 5) is 5.98. The van der Waals surface area contributed by atoms with Gasteiger partial charge in [-0.3, -0.25) is 4.90 Å². The lowest BCUT2D eigenvalue weighted by Gasteiger charge is -2.33. The zero-order valence-electron chi connectivity index (χ0n) is 14.1. The highest BCUT2D eigenvalue weighted by Crippen LogP contribution is 2.43. The van der Waals surface area contributed by atoms with Gasteiger partial charge in [0.15, 0.2) is 5.03 Å². The van der Waals surface area contributed by atoms with Crippen LogP contribution in [0.15, 0.2) is 5.03 Å². The monoisotopic (exact) mass is 350 g/mol. The second kappa shape index (κ2) is 6.92. The molecule has 0 saturated carbocycles. The molecule has 3 heterocycles. The maximum atomic E-state index is 9.75. The number of hydrogen-bond acceptors (Lipinski definition) is 5. The van der Waals surface area contributed by atoms with Gasteiger partial charge in [-0.05, 0) is 17.7 Å². The first-order valence-corrected chi connectivity index (χ1v) is 10.1. The van der Waals surface area contributed by atoms with Crippen molar-refractivity contribution in [2.45, 2.75) is 42.7 Å². The smallest absolute Gasteiger partial charge is 0.279 e. The Balaban J connectivity index is 2.12. The number of aromatic nitrogens is 1. The van der Waals surface area contributed by atoms with Gasteiger partial charge < -0.3 is 4.74 Å². The summed E-state index contributed by atoms with van der Waals surface area (Å²) >= 11 is 3.72. The van der Waals surface area contributed by atoms with Crippen molar-refractivity contribution in [3.63, 3.8) is 0 Å². The number of nitrogens with one attached hydrogen (secondary N) is 1. The number of thioether (sulfide) groups is 2. The summed E-state index contributed by atoms with van der Waals surface area (Å²) in [6.45, 7) is 10.1. The number of anilines is 1. The van der Waals surface area contributed by atoms with Crippen LogP contribution in [-0.2, 0) is 16.9 Å². The molecule has 2 aliphatic rings. The van der Waals surface area contributed by atoms with E-state index < -0.39 is 0 Å². The van der Waals surface area contributed by atoms with Gasteiger partial charge in [0, 0.05) is 10.5 Å². The average molecular weight is 351 g/mol. The summed E-state index contributed by atoms with van der Waals surface area (Å²) in [5.41, 5.74) is 3.44. The lowest BCUT2D eigenvalue weighted by Crippen LogP contribution is -2.42. The van der Waals surface area contributed by atoms with Crippen LogP contribution < -0.4 is 9.88 Å². The van der Waals surface area contributed by atoms with Crippen LogP contribution in [0.4, 0.5) is 5.82 Å². The first kappa shape index (κ1) is 16.9. The van der Waals surface area contributed by atoms with E-state index in [9.17, 15) is 5.26 Å². The molecule has 1 saturated heterocycles. The summed E-state index contributed by atoms with van der Waals surface area (Å²) in [5, 5.41) is 10.8. The highest BCUT2D eigenvalue weighted by molar-refractivity contribution is 8.00. The number of rotatable bonds is 3. The molecule has 0 unspecified atom stereocenters. The maximum Gasteiger partial charge on any atom is 0.279 e. The molecule has 1 N–H and O–H groups in total. The minimum Gasteiger partial charge on any atom is -0.373 e. The van der Waals surface area contributed by atoms with E-state index in [1.807, 2.05) is 11.8 Å². The summed E-state index contributed by atoms with van der Waals surface area (Å²) < 4.78 is 5.69. The van der Waals surface area contributed by atoms with Crippen molar-refractivity contribution in [3.05, 3.63) is 16.7 Å². The number of pyridine rings is 1. The van der Waals surface area contributed by atoms with Gasteiger partial charge in [0.2, 0.25) is 0 Å². The third-order valence-electron chi connectivity index (χ3n) is 4.35. The predicted molar refractivity (Wildman–Crippen MR) is 96.2 cm³/mol. The van der Waals surface area contributed by atoms with Gasteiger partial charge in [-0.25, -0.2) is 4.98 Å². The molecule has 1 fully saturated rings. The summed E-state index contributed by atoms with van der Waals surface area (Å²) in [6, 6.07) is 2.47. The van der Waals surface area contributed by atoms with Crippen molar-refractivity contribution in [2.75, 3.05) is 37.0 Å². The van der Waals surface area contributed by atoms with E-state index in [1.165, 1.54) is 16.9 Å². The van der Waals surface area contributed by atoms with Crippen molar-refractivity contribution in [1.82, 2.24) is 0 Å². The number of H-pyrrole nitrogens is 1. The van der Waals surface area contributed by atoms with E-state index in [0.717, 1.165) is 54.8 Å². The van der Waals surface area contributed by atoms with Gasteiger partial charge in [-0.2, -0.15) is 17.0 Å². The van der Waals surface area contributed by atoms with Crippen LogP contribution in [-0.4, -0.2) is 36.8 Å². The third-order valence-corrected chi connectivity index (χ3v) is 6.59. The molecular weight excluding hydrogens is 326 g/mol. The Hall–Kier alpha value is -0.900. The molecule has 0 aromatic carbocycles. The van der Waals surface area contributed by atoms with E-state index in [1.54, 1.807) is 11.8 Å². The van der Waals surface area contributed by atoms with Crippen molar-refractivity contribution in [3.8, 4) is 6.07 Å². The fourth-order valence-corrected chi connectivity index (χ4v) is 5.06. The number of fused-ring (bicyclic) bond motifs is 1. The van der Waals surface area contributed by atoms with E-state index >= 15 is 0 Å². The molecule has 0 spiro atoms. The number of aromatic amines is 1. The van der Waals surface area contributed by atoms with Crippen molar-refractivity contribution in [1.29, 1.82) is 5.26 Å². The number of morpholine rings is 1. The van der Waals surface area contributed by atoms with Gasteiger partial charge in [-0.15, -0.1) is 0 Å². The Labute approximate surface area is 147 Å². The fraction of sp³-hybridized carbons (Fsp3) is 0.647. The number of nitriles is 1. The van der Waals surface area contributed by atoms with E-state index in [-0.39, 0.29) is 4.75 Å². The summed E-state index contributed by atoms with van der Waals surface area (Å²) in [6.07, 6.45) is 0.958. The van der Waals surface area contributed by atoms with Crippen LogP contribution >= 0.6 is 23.5 Å². The fourth-order valence-electron chi connectivity index (χ4n) is 3.20. The van der Waals surface area contributed by atoms with Gasteiger partial charge in [-0.1, -0.05) is 32.5 Å². The second-order valence-corrected chi connectivity index (χ2v) is 9.46. The number of hydrogen-bond donors (Lipinski definition) is 0. The minimum atomic E-state index is 0.191. The van der Waals surface area contributed by atoms with Crippen LogP contribution in [0.1, 0.15) is 37.5 Å². The standard InChI is InChI=1S/C17H23N3OS2/c1-4-22-16-13(10-18)12-9-17(2,3)23-11-14(12)15(19-16)20-5-7-21-8-6-20/h4-9,11H2,1-3H3/p+1. The Bertz CT molecular complexity index is 634. The van der Waals surface area contributed by atoms with Crippen LogP contribution in [0, 0.1) is 11.3 Å². The molecule has 2 aliphatic heterocycles. The van der Waals surface area contributed by atoms with Crippen molar-refractivity contribution < 1.29 is 9.72 Å². The zero-order valence-corrected chi connectivity index (χ0v) is 15.7. The molecule has 0 aliphatic carbocycles. The first-order valence-electron chi connectivity index (χ1n) is 8.16. The molecule has 4 nitrogen and oxygen atoms in total. The predicted octanol–water partition coefficient (Wildman–Crippen LogP) is 2.89. The van der Waals surface area contributed by atoms with E-state index in [0.29, 0.717) is 0 Å². The van der Waals surface area contributed by atoms with Gasteiger partial charge in [0.05, 0.1) is 18.8 Å². The quantitative estimate of drug-likeness (QED) is 0.785. The molecule has 6 heteroatoms. The molecular formula is C17H24N3OS2+. The second-order valence-electron chi connectivity index (χ2n) is 6.50. The largest absolute Gasteiger partial charge is 0.373 e. The Morgan fingerprint density at radius 1 is 1.35 bits per heavy atom. The molecule has 124 valence electrons. The lowest BCUT2D eigenvalue weighted by atomic mass is 9.94. The third kappa shape index (κ3) is 3.47. The van der Waals surface area contributed by atoms with E-state index in [4.69, 9.17) is 4.74 Å². The zero-order chi connectivity index (χ0) is 16.4. The maximum absolute atomic E-state index is 9.75. The number of ether oxygens (including phenoxy) is 1. The van der Waals surface area contributed by atoms with Gasteiger partial charge in [0.1, 0.15) is 24.7 Å². The lowest BCUT2D eigenvalue weighted by molar-refractivity contribution is -0.414. The van der Waals surface area contributed by atoms with Gasteiger partial charge in [0.25, 0.3) is 5.82 Å². The Kier molecular flexibility index (Phi) is 5.10. The molecule has 1 aromatic heterocycles. The van der Waals surface area contributed by atoms with Crippen LogP contribution in [0.25, 0.3) is 0 Å². The number of nitrogens with zero attached hydrogens (tertiary/aromatic N) is 2. The molecule has 1 aromatic rings. The average Bonchev–Trinajstić information content (AvgIpc) is 2.54. The topological polar surface area (TPSA) is 50.4 Å². The van der Waals surface area contributed by atoms with Crippen LogP contribution in [0.5, 0.6) is 0 Å². The van der Waals surface area contributed by atoms with E-state index in [2.05, 4.69) is 36.7 Å². The van der Waals surface area contributed by atoms with Crippen LogP contribution in [0.3, 0.4) is 0 Å². The van der Waals surface area contributed by atoms with Crippen molar-refractivity contribution in [2.24, 2.45) is 0 Å². The molecule has 0 bridgehead atoms. The van der Waals surface area contributed by atoms with Gasteiger partial charge >= 0.3 is 0 Å². The normalized spacial score (nSPS) is 20.0. The molecule has 3 rings (SSSR count). The highest BCUT2D eigenvalue weighted by atomic mass is 32.2. The molecule has 0 atom stereocenters. The highest BCUT2D eigenvalue weighted by Gasteiger charge is 2.36. The van der Waals surface area contributed by atoms with Crippen molar-refractivity contribution >= 4 is 29.3 Å². The molecule has 0 amide bonds. The Morgan fingerprint density at radius 2 is 2.09 bits per heavy atom. The Morgan fingerprint density at radius 3 is 2.74 bits per heavy atom. The summed E-state index contributed by atoms with van der Waals surface area (Å²) in [5.74, 6) is 3.14. The first-order chi connectivity index (χ1) is 11.1. The summed E-state index contributed by atoms with van der Waals surface area (Å²) in [7, 11) is 0. The molecule has 0 radical (unpaired) electrons.